The summed E-state index contributed by atoms with van der Waals surface area (Å²) in [6.45, 7) is -0.395. The van der Waals surface area contributed by atoms with Crippen LogP contribution in [0.3, 0.4) is 0 Å². The molecule has 0 aliphatic carbocycles. The smallest absolute Gasteiger partial charge is 0.164 e. The molecule has 0 aromatic carbocycles. The van der Waals surface area contributed by atoms with Crippen LogP contribution >= 0.6 is 0 Å². The summed E-state index contributed by atoms with van der Waals surface area (Å²) in [5.74, 6) is 0.884. The van der Waals surface area contributed by atoms with Crippen LogP contribution in [0.25, 0.3) is 11.0 Å². The van der Waals surface area contributed by atoms with E-state index in [0.717, 1.165) is 0 Å². The van der Waals surface area contributed by atoms with E-state index < -0.39 is 31.1 Å². The van der Waals surface area contributed by atoms with E-state index in [1.165, 1.54) is 6.33 Å². The molecule has 0 spiro atoms. The Kier molecular flexibility index (Phi) is 3.03. The molecular weight excluding hydrogens is 304 g/mol. The average Bonchev–Trinajstić information content (AvgIpc) is 3.05. The Hall–Kier alpha value is -2.27. The number of nitrogens with zero attached hydrogens (tertiary/aromatic N) is 5. The van der Waals surface area contributed by atoms with Gasteiger partial charge in [0.05, 0.1) is 12.0 Å². The number of rotatable bonds is 2. The lowest BCUT2D eigenvalue weighted by Crippen LogP contribution is -2.33. The van der Waals surface area contributed by atoms with Crippen molar-refractivity contribution in [3.8, 4) is 0 Å². The van der Waals surface area contributed by atoms with Crippen molar-refractivity contribution >= 4 is 22.7 Å². The zero-order valence-electron chi connectivity index (χ0n) is 12.2. The second-order valence-electron chi connectivity index (χ2n) is 5.58. The molecule has 1 unspecified atom stereocenters. The molecule has 4 rings (SSSR count). The van der Waals surface area contributed by atoms with E-state index in [1.807, 2.05) is 0 Å². The van der Waals surface area contributed by atoms with Crippen molar-refractivity contribution in [2.45, 2.75) is 24.5 Å². The Balaban J connectivity index is 1.89. The first-order valence-corrected chi connectivity index (χ1v) is 7.09. The molecule has 10 nitrogen and oxygen atoms in total. The number of aliphatic hydroxyl groups is 3. The summed E-state index contributed by atoms with van der Waals surface area (Å²) in [5.41, 5.74) is 7.10. The van der Waals surface area contributed by atoms with E-state index in [4.69, 9.17) is 10.5 Å². The van der Waals surface area contributed by atoms with Gasteiger partial charge in [0.2, 0.25) is 0 Å². The predicted molar refractivity (Wildman–Crippen MR) is 79.7 cm³/mol. The monoisotopic (exact) mass is 320 g/mol. The summed E-state index contributed by atoms with van der Waals surface area (Å²) >= 11 is 0. The van der Waals surface area contributed by atoms with Crippen LogP contribution in [0.5, 0.6) is 0 Å². The summed E-state index contributed by atoms with van der Waals surface area (Å²) in [4.78, 5) is 8.45. The SMILES string of the molecule is CN1N=C(N)c2cn([C@H]3OC(CO)[C@@H](O)[C@@H]3O)c3ncnc1c23. The molecule has 2 aromatic heterocycles. The second-order valence-corrected chi connectivity index (χ2v) is 5.58. The van der Waals surface area contributed by atoms with Crippen molar-refractivity contribution in [3.63, 3.8) is 0 Å². The number of aromatic nitrogens is 3. The number of ether oxygens (including phenoxy) is 1. The van der Waals surface area contributed by atoms with E-state index in [1.54, 1.807) is 22.8 Å². The molecule has 0 saturated carbocycles. The summed E-state index contributed by atoms with van der Waals surface area (Å²) < 4.78 is 7.15. The first-order chi connectivity index (χ1) is 11.0. The van der Waals surface area contributed by atoms with Crippen LogP contribution in [0, 0.1) is 0 Å². The third kappa shape index (κ3) is 1.86. The van der Waals surface area contributed by atoms with Crippen LogP contribution in [0.4, 0.5) is 5.82 Å². The minimum Gasteiger partial charge on any atom is -0.394 e. The fourth-order valence-corrected chi connectivity index (χ4v) is 3.07. The van der Waals surface area contributed by atoms with Crippen LogP contribution < -0.4 is 10.7 Å². The van der Waals surface area contributed by atoms with Crippen molar-refractivity contribution in [3.05, 3.63) is 18.1 Å². The molecule has 2 aliphatic rings. The molecule has 0 radical (unpaired) electrons. The molecular formula is C13H16N6O4. The number of amidine groups is 1. The lowest BCUT2D eigenvalue weighted by molar-refractivity contribution is -0.0508. The van der Waals surface area contributed by atoms with Crippen molar-refractivity contribution in [1.29, 1.82) is 0 Å². The van der Waals surface area contributed by atoms with Crippen molar-refractivity contribution in [1.82, 2.24) is 14.5 Å². The highest BCUT2D eigenvalue weighted by Gasteiger charge is 2.44. The number of hydrogen-bond acceptors (Lipinski definition) is 9. The van der Waals surface area contributed by atoms with E-state index in [2.05, 4.69) is 15.1 Å². The largest absolute Gasteiger partial charge is 0.394 e. The lowest BCUT2D eigenvalue weighted by Gasteiger charge is -2.19. The third-order valence-electron chi connectivity index (χ3n) is 4.22. The highest BCUT2D eigenvalue weighted by molar-refractivity contribution is 6.13. The van der Waals surface area contributed by atoms with E-state index in [9.17, 15) is 15.3 Å². The Labute approximate surface area is 130 Å². The van der Waals surface area contributed by atoms with Crippen LogP contribution in [-0.2, 0) is 4.74 Å². The standard InChI is InChI=1S/C13H16N6O4/c1-18-11-7-5(10(14)17-18)2-19(12(7)16-4-15-11)13-9(22)8(21)6(3-20)23-13/h2,4,6,8-9,13,20-22H,3H2,1H3,(H2,14,17)/t6?,8-,9+,13+/m1/s1. The molecule has 2 aliphatic heterocycles. The Morgan fingerprint density at radius 2 is 2.09 bits per heavy atom. The summed E-state index contributed by atoms with van der Waals surface area (Å²) in [6, 6.07) is 0. The fourth-order valence-electron chi connectivity index (χ4n) is 3.07. The zero-order valence-corrected chi connectivity index (χ0v) is 12.2. The maximum atomic E-state index is 10.2. The van der Waals surface area contributed by atoms with Gasteiger partial charge in [0.25, 0.3) is 0 Å². The molecule has 4 atom stereocenters. The number of aliphatic hydroxyl groups excluding tert-OH is 3. The first kappa shape index (κ1) is 14.3. The van der Waals surface area contributed by atoms with E-state index in [-0.39, 0.29) is 0 Å². The van der Waals surface area contributed by atoms with Gasteiger partial charge in [-0.1, -0.05) is 0 Å². The molecule has 0 bridgehead atoms. The van der Waals surface area contributed by atoms with Crippen LogP contribution in [0.1, 0.15) is 11.8 Å². The molecule has 0 amide bonds. The van der Waals surface area contributed by atoms with Gasteiger partial charge in [0.1, 0.15) is 30.3 Å². The Morgan fingerprint density at radius 1 is 1.30 bits per heavy atom. The quantitative estimate of drug-likeness (QED) is 0.503. The molecule has 1 saturated heterocycles. The van der Waals surface area contributed by atoms with Crippen molar-refractivity contribution < 1.29 is 20.1 Å². The molecule has 1 fully saturated rings. The molecule has 10 heteroatoms. The maximum Gasteiger partial charge on any atom is 0.164 e. The molecule has 4 heterocycles. The number of hydrazone groups is 1. The Bertz CT molecular complexity index is 805. The minimum atomic E-state index is -1.20. The van der Waals surface area contributed by atoms with Gasteiger partial charge in [-0.15, -0.1) is 0 Å². The normalized spacial score (nSPS) is 30.1. The topological polar surface area (TPSA) is 142 Å². The van der Waals surface area contributed by atoms with Crippen molar-refractivity contribution in [2.24, 2.45) is 10.8 Å². The van der Waals surface area contributed by atoms with Gasteiger partial charge in [-0.3, -0.25) is 0 Å². The van der Waals surface area contributed by atoms with Gasteiger partial charge in [-0.05, 0) is 0 Å². The highest BCUT2D eigenvalue weighted by atomic mass is 16.6. The van der Waals surface area contributed by atoms with Crippen LogP contribution in [0.15, 0.2) is 17.6 Å². The Morgan fingerprint density at radius 3 is 2.78 bits per heavy atom. The van der Waals surface area contributed by atoms with Crippen molar-refractivity contribution in [2.75, 3.05) is 18.7 Å². The fraction of sp³-hybridized carbons (Fsp3) is 0.462. The van der Waals surface area contributed by atoms with Gasteiger partial charge < -0.3 is 30.4 Å². The van der Waals surface area contributed by atoms with Gasteiger partial charge in [-0.2, -0.15) is 5.10 Å². The summed E-state index contributed by atoms with van der Waals surface area (Å²) in [5, 5.41) is 35.9. The summed E-state index contributed by atoms with van der Waals surface area (Å²) in [6.07, 6.45) is -1.10. The first-order valence-electron chi connectivity index (χ1n) is 7.09. The molecule has 122 valence electrons. The highest BCUT2D eigenvalue weighted by Crippen LogP contribution is 2.36. The van der Waals surface area contributed by atoms with E-state index in [0.29, 0.717) is 28.3 Å². The van der Waals surface area contributed by atoms with Gasteiger partial charge in [-0.25, -0.2) is 15.0 Å². The number of nitrogens with two attached hydrogens (primary N) is 1. The van der Waals surface area contributed by atoms with Gasteiger partial charge >= 0.3 is 0 Å². The minimum absolute atomic E-state index is 0.297. The predicted octanol–water partition coefficient (Wildman–Crippen LogP) is -1.89. The number of hydrogen-bond donors (Lipinski definition) is 4. The second kappa shape index (κ2) is 4.86. The van der Waals surface area contributed by atoms with Crippen LogP contribution in [0.2, 0.25) is 0 Å². The maximum absolute atomic E-state index is 10.2. The molecule has 23 heavy (non-hydrogen) atoms. The average molecular weight is 320 g/mol. The third-order valence-corrected chi connectivity index (χ3v) is 4.22. The van der Waals surface area contributed by atoms with Crippen LogP contribution in [-0.4, -0.2) is 67.7 Å². The molecule has 2 aromatic rings. The summed E-state index contributed by atoms with van der Waals surface area (Å²) in [7, 11) is 1.72. The number of anilines is 1. The molecule has 5 N–H and O–H groups in total. The van der Waals surface area contributed by atoms with Gasteiger partial charge in [0, 0.05) is 18.8 Å². The lowest BCUT2D eigenvalue weighted by atomic mass is 10.1. The van der Waals surface area contributed by atoms with E-state index >= 15 is 0 Å². The van der Waals surface area contributed by atoms with Gasteiger partial charge in [0.15, 0.2) is 17.9 Å². The zero-order chi connectivity index (χ0) is 16.3.